The van der Waals surface area contributed by atoms with Gasteiger partial charge in [-0.25, -0.2) is 0 Å². The zero-order valence-electron chi connectivity index (χ0n) is 6.84. The molecule has 5 heteroatoms. The molecule has 0 aliphatic carbocycles. The lowest BCUT2D eigenvalue weighted by molar-refractivity contribution is -0.106. The van der Waals surface area contributed by atoms with Gasteiger partial charge in [-0.15, -0.1) is 0 Å². The topological polar surface area (TPSA) is 90.2 Å². The van der Waals surface area contributed by atoms with Crippen LogP contribution in [-0.4, -0.2) is 57.6 Å². The fraction of sp³-hybridized carbons (Fsp3) is 1.00. The molecule has 1 aliphatic heterocycles. The Bertz CT molecular complexity index is 162. The molecule has 0 aromatic rings. The van der Waals surface area contributed by atoms with E-state index in [1.54, 1.807) is 0 Å². The summed E-state index contributed by atoms with van der Waals surface area (Å²) in [7, 11) is 0. The van der Waals surface area contributed by atoms with Gasteiger partial charge in [0.15, 0.2) is 0 Å². The van der Waals surface area contributed by atoms with E-state index in [1.807, 2.05) is 0 Å². The number of hydrogen-bond donors (Lipinski definition) is 4. The molecule has 1 rings (SSSR count). The van der Waals surface area contributed by atoms with Gasteiger partial charge >= 0.3 is 0 Å². The largest absolute Gasteiger partial charge is 0.394 e. The molecule has 12 heavy (non-hydrogen) atoms. The first kappa shape index (κ1) is 9.88. The van der Waals surface area contributed by atoms with E-state index < -0.39 is 23.9 Å². The maximum Gasteiger partial charge on any atom is 0.117 e. The number of ether oxygens (including phenoxy) is 1. The smallest absolute Gasteiger partial charge is 0.117 e. The third-order valence-electron chi connectivity index (χ3n) is 2.24. The van der Waals surface area contributed by atoms with Crippen LogP contribution in [0.4, 0.5) is 0 Å². The van der Waals surface area contributed by atoms with E-state index in [-0.39, 0.29) is 13.2 Å². The summed E-state index contributed by atoms with van der Waals surface area (Å²) >= 11 is 0. The van der Waals surface area contributed by atoms with Crippen LogP contribution in [0.1, 0.15) is 6.92 Å². The summed E-state index contributed by atoms with van der Waals surface area (Å²) in [5.74, 6) is 0. The van der Waals surface area contributed by atoms with Gasteiger partial charge < -0.3 is 25.2 Å². The van der Waals surface area contributed by atoms with Gasteiger partial charge in [0.05, 0.1) is 13.2 Å². The van der Waals surface area contributed by atoms with Crippen molar-refractivity contribution in [3.05, 3.63) is 0 Å². The van der Waals surface area contributed by atoms with E-state index in [0.717, 1.165) is 0 Å². The molecule has 1 heterocycles. The molecule has 1 aliphatic rings. The highest BCUT2D eigenvalue weighted by atomic mass is 16.6. The summed E-state index contributed by atoms with van der Waals surface area (Å²) < 4.78 is 5.07. The molecule has 4 unspecified atom stereocenters. The van der Waals surface area contributed by atoms with E-state index in [9.17, 15) is 10.2 Å². The van der Waals surface area contributed by atoms with Crippen LogP contribution < -0.4 is 0 Å². The molecule has 0 saturated carbocycles. The Morgan fingerprint density at radius 2 is 1.92 bits per heavy atom. The van der Waals surface area contributed by atoms with Crippen LogP contribution in [0.2, 0.25) is 0 Å². The molecule has 1 fully saturated rings. The Balaban J connectivity index is 2.72. The lowest BCUT2D eigenvalue weighted by atomic mass is 9.98. The Labute approximate surface area is 70.2 Å². The van der Waals surface area contributed by atoms with Crippen molar-refractivity contribution in [2.45, 2.75) is 30.8 Å². The Morgan fingerprint density at radius 1 is 1.33 bits per heavy atom. The van der Waals surface area contributed by atoms with Gasteiger partial charge in [-0.2, -0.15) is 0 Å². The number of aliphatic hydroxyl groups is 4. The second kappa shape index (κ2) is 3.27. The Kier molecular flexibility index (Phi) is 2.70. The van der Waals surface area contributed by atoms with Crippen LogP contribution >= 0.6 is 0 Å². The van der Waals surface area contributed by atoms with Gasteiger partial charge in [-0.1, -0.05) is 0 Å². The van der Waals surface area contributed by atoms with Gasteiger partial charge in [-0.3, -0.25) is 0 Å². The van der Waals surface area contributed by atoms with Crippen LogP contribution in [0, 0.1) is 0 Å². The minimum atomic E-state index is -1.16. The molecular weight excluding hydrogens is 164 g/mol. The lowest BCUT2D eigenvalue weighted by Gasteiger charge is -2.24. The molecule has 0 aromatic heterocycles. The average molecular weight is 178 g/mol. The summed E-state index contributed by atoms with van der Waals surface area (Å²) in [6.45, 7) is 0.728. The van der Waals surface area contributed by atoms with Gasteiger partial charge in [0.25, 0.3) is 0 Å². The van der Waals surface area contributed by atoms with E-state index >= 15 is 0 Å². The molecule has 0 amide bonds. The third-order valence-corrected chi connectivity index (χ3v) is 2.24. The first-order valence-corrected chi connectivity index (χ1v) is 3.81. The van der Waals surface area contributed by atoms with E-state index in [4.69, 9.17) is 14.9 Å². The molecule has 0 bridgehead atoms. The maximum absolute atomic E-state index is 9.37. The molecule has 0 aromatic carbocycles. The highest BCUT2D eigenvalue weighted by molar-refractivity contribution is 4.98. The Hall–Kier alpha value is -0.200. The maximum atomic E-state index is 9.37. The summed E-state index contributed by atoms with van der Waals surface area (Å²) in [6.07, 6.45) is -3.09. The monoisotopic (exact) mass is 178 g/mol. The molecular formula is C7H14O5. The molecule has 4 N–H and O–H groups in total. The molecule has 1 saturated heterocycles. The number of aliphatic hydroxyl groups excluding tert-OH is 4. The average Bonchev–Trinajstić information content (AvgIpc) is 2.31. The number of rotatable bonds is 2. The van der Waals surface area contributed by atoms with Crippen molar-refractivity contribution in [2.75, 3.05) is 13.2 Å². The van der Waals surface area contributed by atoms with Crippen LogP contribution in [0.25, 0.3) is 0 Å². The minimum absolute atomic E-state index is 0.367. The van der Waals surface area contributed by atoms with Gasteiger partial charge in [0, 0.05) is 0 Å². The summed E-state index contributed by atoms with van der Waals surface area (Å²) in [5.41, 5.74) is -1.16. The summed E-state index contributed by atoms with van der Waals surface area (Å²) in [6, 6.07) is 0. The zero-order chi connectivity index (χ0) is 9.35. The lowest BCUT2D eigenvalue weighted by Crippen LogP contribution is -2.43. The standard InChI is InChI=1S/C7H14O5/c1-7(3-9)6(11)5(10)4(2-8)12-7/h4-6,8-11H,2-3H2,1H3. The van der Waals surface area contributed by atoms with Crippen molar-refractivity contribution in [3.63, 3.8) is 0 Å². The van der Waals surface area contributed by atoms with Crippen LogP contribution in [-0.2, 0) is 4.74 Å². The second-order valence-electron chi connectivity index (χ2n) is 3.25. The predicted molar refractivity (Wildman–Crippen MR) is 39.5 cm³/mol. The summed E-state index contributed by atoms with van der Waals surface area (Å²) in [4.78, 5) is 0. The molecule has 4 atom stereocenters. The van der Waals surface area contributed by atoms with Gasteiger partial charge in [0.2, 0.25) is 0 Å². The van der Waals surface area contributed by atoms with E-state index in [2.05, 4.69) is 0 Å². The van der Waals surface area contributed by atoms with Crippen LogP contribution in [0.15, 0.2) is 0 Å². The fourth-order valence-electron chi connectivity index (χ4n) is 1.33. The molecule has 5 nitrogen and oxygen atoms in total. The molecule has 72 valence electrons. The minimum Gasteiger partial charge on any atom is -0.394 e. The summed E-state index contributed by atoms with van der Waals surface area (Å²) in [5, 5.41) is 36.2. The SMILES string of the molecule is CC1(CO)OC(CO)C(O)C1O. The first-order valence-electron chi connectivity index (χ1n) is 3.81. The Morgan fingerprint density at radius 3 is 2.17 bits per heavy atom. The molecule has 0 spiro atoms. The van der Waals surface area contributed by atoms with Crippen molar-refractivity contribution < 1.29 is 25.2 Å². The van der Waals surface area contributed by atoms with Gasteiger partial charge in [-0.05, 0) is 6.92 Å². The predicted octanol–water partition coefficient (Wildman–Crippen LogP) is -2.15. The van der Waals surface area contributed by atoms with Crippen molar-refractivity contribution in [3.8, 4) is 0 Å². The third kappa shape index (κ3) is 1.34. The van der Waals surface area contributed by atoms with E-state index in [1.165, 1.54) is 6.92 Å². The zero-order valence-corrected chi connectivity index (χ0v) is 6.84. The quantitative estimate of drug-likeness (QED) is 0.387. The van der Waals surface area contributed by atoms with Crippen LogP contribution in [0.5, 0.6) is 0 Å². The first-order chi connectivity index (χ1) is 5.55. The normalized spacial score (nSPS) is 48.2. The highest BCUT2D eigenvalue weighted by Crippen LogP contribution is 2.30. The van der Waals surface area contributed by atoms with Crippen LogP contribution in [0.3, 0.4) is 0 Å². The van der Waals surface area contributed by atoms with E-state index in [0.29, 0.717) is 0 Å². The molecule has 0 radical (unpaired) electrons. The number of hydrogen-bond acceptors (Lipinski definition) is 5. The van der Waals surface area contributed by atoms with Crippen molar-refractivity contribution in [1.82, 2.24) is 0 Å². The van der Waals surface area contributed by atoms with Gasteiger partial charge in [0.1, 0.15) is 23.9 Å². The second-order valence-corrected chi connectivity index (χ2v) is 3.25. The fourth-order valence-corrected chi connectivity index (χ4v) is 1.33. The highest BCUT2D eigenvalue weighted by Gasteiger charge is 2.50. The van der Waals surface area contributed by atoms with Crippen molar-refractivity contribution >= 4 is 0 Å². The van der Waals surface area contributed by atoms with Crippen molar-refractivity contribution in [1.29, 1.82) is 0 Å². The van der Waals surface area contributed by atoms with Crippen molar-refractivity contribution in [2.24, 2.45) is 0 Å².